The summed E-state index contributed by atoms with van der Waals surface area (Å²) in [5, 5.41) is 8.18. The molecule has 0 bridgehead atoms. The molecule has 0 heterocycles. The minimum absolute atomic E-state index is 0.143. The lowest BCUT2D eigenvalue weighted by Crippen LogP contribution is -1.93. The summed E-state index contributed by atoms with van der Waals surface area (Å²) in [6.45, 7) is -0.297. The average molecular weight is 169 g/mol. The third-order valence-electron chi connectivity index (χ3n) is 0.665. The number of hydrogen-bond acceptors (Lipinski definition) is 4. The predicted octanol–water partition coefficient (Wildman–Crippen LogP) is 0.252. The van der Waals surface area contributed by atoms with Crippen LogP contribution in [0.2, 0.25) is 0 Å². The van der Waals surface area contributed by atoms with Crippen molar-refractivity contribution >= 4 is 7.75 Å². The molecule has 0 aliphatic heterocycles. The molecule has 2 N–H and O–H groups in total. The van der Waals surface area contributed by atoms with E-state index in [4.69, 9.17) is 10.00 Å². The van der Waals surface area contributed by atoms with Crippen LogP contribution >= 0.6 is 7.75 Å². The Morgan fingerprint density at radius 1 is 1.60 bits per heavy atom. The number of aliphatic hydroxyl groups excluding tert-OH is 1. The van der Waals surface area contributed by atoms with Crippen molar-refractivity contribution in [3.05, 3.63) is 4.91 Å². The highest BCUT2D eigenvalue weighted by molar-refractivity contribution is 7.51. The molecule has 0 rings (SSSR count). The minimum atomic E-state index is -4.24. The molecule has 60 valence electrons. The SMILES string of the molecule is O=NP(=O)(O)OCCCO. The molecule has 0 spiro atoms. The van der Waals surface area contributed by atoms with E-state index in [1.54, 1.807) is 0 Å². The second kappa shape index (κ2) is 4.51. The molecule has 6 nitrogen and oxygen atoms in total. The molecule has 0 saturated heterocycles. The van der Waals surface area contributed by atoms with Gasteiger partial charge in [-0.2, -0.15) is 0 Å². The van der Waals surface area contributed by atoms with Gasteiger partial charge < -0.3 is 10.00 Å². The van der Waals surface area contributed by atoms with E-state index in [-0.39, 0.29) is 19.6 Å². The zero-order valence-corrected chi connectivity index (χ0v) is 6.03. The van der Waals surface area contributed by atoms with Crippen LogP contribution in [-0.4, -0.2) is 23.2 Å². The molecule has 0 aromatic carbocycles. The maximum atomic E-state index is 10.2. The van der Waals surface area contributed by atoms with Crippen LogP contribution in [0.15, 0.2) is 4.95 Å². The van der Waals surface area contributed by atoms with E-state index in [0.717, 1.165) is 0 Å². The van der Waals surface area contributed by atoms with Gasteiger partial charge in [0.1, 0.15) is 0 Å². The van der Waals surface area contributed by atoms with Gasteiger partial charge in [0.05, 0.1) is 6.61 Å². The summed E-state index contributed by atoms with van der Waals surface area (Å²) >= 11 is 0. The van der Waals surface area contributed by atoms with Crippen LogP contribution in [0.25, 0.3) is 0 Å². The first kappa shape index (κ1) is 9.71. The fourth-order valence-corrected chi connectivity index (χ4v) is 0.686. The van der Waals surface area contributed by atoms with Crippen molar-refractivity contribution < 1.29 is 19.1 Å². The lowest BCUT2D eigenvalue weighted by Gasteiger charge is -2.00. The van der Waals surface area contributed by atoms with Crippen LogP contribution < -0.4 is 0 Å². The van der Waals surface area contributed by atoms with Gasteiger partial charge in [0.25, 0.3) is 0 Å². The summed E-state index contributed by atoms with van der Waals surface area (Å²) in [5.74, 6) is 0. The van der Waals surface area contributed by atoms with Crippen LogP contribution in [-0.2, 0) is 9.09 Å². The van der Waals surface area contributed by atoms with E-state index in [2.05, 4.69) is 4.52 Å². The maximum Gasteiger partial charge on any atom is 0.487 e. The van der Waals surface area contributed by atoms with Gasteiger partial charge in [0, 0.05) is 11.6 Å². The van der Waals surface area contributed by atoms with Crippen LogP contribution in [0.1, 0.15) is 6.42 Å². The topological polar surface area (TPSA) is 96.2 Å². The zero-order chi connectivity index (χ0) is 8.04. The second-order valence-electron chi connectivity index (χ2n) is 1.48. The quantitative estimate of drug-likeness (QED) is 0.349. The molecule has 10 heavy (non-hydrogen) atoms. The van der Waals surface area contributed by atoms with Crippen LogP contribution in [0, 0.1) is 4.91 Å². The van der Waals surface area contributed by atoms with Gasteiger partial charge in [-0.25, -0.2) is 4.57 Å². The van der Waals surface area contributed by atoms with E-state index in [0.29, 0.717) is 0 Å². The Morgan fingerprint density at radius 2 is 2.20 bits per heavy atom. The highest BCUT2D eigenvalue weighted by Gasteiger charge is 2.18. The summed E-state index contributed by atoms with van der Waals surface area (Å²) in [6, 6.07) is 0. The summed E-state index contributed by atoms with van der Waals surface area (Å²) in [5.41, 5.74) is 0. The standard InChI is InChI=1S/C3H8NO5P/c5-2-1-3-9-10(7,8)4-6/h5H,1-3H2,(H,7,8). The third kappa shape index (κ3) is 4.58. The third-order valence-corrected chi connectivity index (χ3v) is 1.39. The smallest absolute Gasteiger partial charge is 0.396 e. The molecule has 0 amide bonds. The first-order valence-corrected chi connectivity index (χ1v) is 4.08. The Balaban J connectivity index is 3.47. The second-order valence-corrected chi connectivity index (χ2v) is 2.89. The lowest BCUT2D eigenvalue weighted by atomic mass is 10.5. The zero-order valence-electron chi connectivity index (χ0n) is 5.13. The number of hydrogen-bond donors (Lipinski definition) is 2. The summed E-state index contributed by atoms with van der Waals surface area (Å²) < 4.78 is 14.3. The molecule has 0 saturated carbocycles. The van der Waals surface area contributed by atoms with Crippen LogP contribution in [0.4, 0.5) is 0 Å². The van der Waals surface area contributed by atoms with E-state index in [9.17, 15) is 9.47 Å². The van der Waals surface area contributed by atoms with E-state index < -0.39 is 7.75 Å². The Bertz CT molecular complexity index is 148. The van der Waals surface area contributed by atoms with Crippen molar-refractivity contribution in [2.45, 2.75) is 6.42 Å². The van der Waals surface area contributed by atoms with Crippen molar-refractivity contribution in [2.75, 3.05) is 13.2 Å². The maximum absolute atomic E-state index is 10.2. The number of rotatable bonds is 5. The largest absolute Gasteiger partial charge is 0.487 e. The Hall–Kier alpha value is -0.290. The van der Waals surface area contributed by atoms with Gasteiger partial charge in [0.15, 0.2) is 0 Å². The number of aliphatic hydroxyl groups is 1. The van der Waals surface area contributed by atoms with Crippen molar-refractivity contribution in [3.8, 4) is 0 Å². The van der Waals surface area contributed by atoms with E-state index >= 15 is 0 Å². The first-order valence-electron chi connectivity index (χ1n) is 2.55. The highest BCUT2D eigenvalue weighted by Crippen LogP contribution is 2.42. The van der Waals surface area contributed by atoms with Crippen molar-refractivity contribution in [2.24, 2.45) is 4.95 Å². The fourth-order valence-electron chi connectivity index (χ4n) is 0.272. The summed E-state index contributed by atoms with van der Waals surface area (Å²) in [6.07, 6.45) is 0.208. The Kier molecular flexibility index (Phi) is 4.38. The van der Waals surface area contributed by atoms with Crippen molar-refractivity contribution in [3.63, 3.8) is 0 Å². The number of nitrogens with zero attached hydrogens (tertiary/aromatic N) is 1. The predicted molar refractivity (Wildman–Crippen MR) is 33.3 cm³/mol. The molecule has 0 aromatic heterocycles. The van der Waals surface area contributed by atoms with E-state index in [1.807, 2.05) is 4.95 Å². The van der Waals surface area contributed by atoms with Gasteiger partial charge in [-0.1, -0.05) is 0 Å². The van der Waals surface area contributed by atoms with Crippen LogP contribution in [0.5, 0.6) is 0 Å². The Morgan fingerprint density at radius 3 is 2.60 bits per heavy atom. The molecule has 0 aromatic rings. The number of nitroso groups, excluding NO2 is 1. The molecular formula is C3H8NO5P. The molecule has 0 aliphatic carbocycles. The molecule has 7 heteroatoms. The van der Waals surface area contributed by atoms with Gasteiger partial charge in [-0.15, -0.1) is 4.91 Å². The van der Waals surface area contributed by atoms with Crippen molar-refractivity contribution in [1.29, 1.82) is 0 Å². The molecule has 1 atom stereocenters. The monoisotopic (exact) mass is 169 g/mol. The fraction of sp³-hybridized carbons (Fsp3) is 1.00. The van der Waals surface area contributed by atoms with E-state index in [1.165, 1.54) is 0 Å². The molecule has 0 radical (unpaired) electrons. The normalized spacial score (nSPS) is 16.2. The van der Waals surface area contributed by atoms with Crippen LogP contribution in [0.3, 0.4) is 0 Å². The molecule has 1 unspecified atom stereocenters. The summed E-state index contributed by atoms with van der Waals surface area (Å²) in [7, 11) is -4.24. The molecule has 0 aliphatic rings. The van der Waals surface area contributed by atoms with Gasteiger partial charge in [-0.05, 0) is 6.42 Å². The summed E-state index contributed by atoms with van der Waals surface area (Å²) in [4.78, 5) is 19.6. The molecule has 0 fully saturated rings. The lowest BCUT2D eigenvalue weighted by molar-refractivity contribution is 0.214. The Labute approximate surface area is 57.4 Å². The van der Waals surface area contributed by atoms with Gasteiger partial charge in [0.2, 0.25) is 0 Å². The average Bonchev–Trinajstić information content (AvgIpc) is 1.89. The first-order chi connectivity index (χ1) is 4.62. The highest BCUT2D eigenvalue weighted by atomic mass is 31.2. The van der Waals surface area contributed by atoms with Gasteiger partial charge in [-0.3, -0.25) is 4.52 Å². The minimum Gasteiger partial charge on any atom is -0.396 e. The van der Waals surface area contributed by atoms with Gasteiger partial charge >= 0.3 is 7.75 Å². The molecular weight excluding hydrogens is 161 g/mol. The van der Waals surface area contributed by atoms with Crippen molar-refractivity contribution in [1.82, 2.24) is 0 Å².